The molecule has 0 spiro atoms. The number of aryl methyl sites for hydroxylation is 1. The largest absolute Gasteiger partial charge is 0.361 e. The molecule has 4 N–H and O–H groups in total. The maximum Gasteiger partial charge on any atom is 0.245 e. The van der Waals surface area contributed by atoms with Crippen LogP contribution >= 0.6 is 0 Å². The van der Waals surface area contributed by atoms with E-state index in [1.54, 1.807) is 44.9 Å². The van der Waals surface area contributed by atoms with Gasteiger partial charge >= 0.3 is 0 Å². The molecular weight excluding hydrogens is 504 g/mol. The zero-order valence-electron chi connectivity index (χ0n) is 24.4. The van der Waals surface area contributed by atoms with Gasteiger partial charge in [0.1, 0.15) is 6.04 Å². The Hall–Kier alpha value is -3.69. The molecule has 0 aliphatic heterocycles. The third-order valence-corrected chi connectivity index (χ3v) is 7.14. The number of nitrogens with two attached hydrogens (primary N) is 1. The lowest BCUT2D eigenvalue weighted by Gasteiger charge is -2.31. The molecule has 3 aromatic rings. The Labute approximate surface area is 237 Å². The number of para-hydroxylation sites is 1. The van der Waals surface area contributed by atoms with Crippen molar-refractivity contribution in [3.63, 3.8) is 0 Å². The van der Waals surface area contributed by atoms with E-state index < -0.39 is 17.5 Å². The first-order valence-corrected chi connectivity index (χ1v) is 13.9. The smallest absolute Gasteiger partial charge is 0.245 e. The van der Waals surface area contributed by atoms with E-state index >= 15 is 0 Å². The second kappa shape index (κ2) is 14.1. The van der Waals surface area contributed by atoms with Gasteiger partial charge in [0.05, 0.1) is 5.54 Å². The lowest BCUT2D eigenvalue weighted by atomic mass is 10.0. The molecule has 0 fully saturated rings. The summed E-state index contributed by atoms with van der Waals surface area (Å²) >= 11 is 0. The number of hydrogen-bond acceptors (Lipinski definition) is 5. The van der Waals surface area contributed by atoms with Gasteiger partial charge in [-0.2, -0.15) is 0 Å². The van der Waals surface area contributed by atoms with Gasteiger partial charge in [0, 0.05) is 64.2 Å². The SMILES string of the molecule is CN(C)N(C)C(=O)CCN(CCCCc1ccccc1)C(=O)[C@@H](Cc1c[nH]c2ccccc12)NC(=O)C(C)(C)N. The number of carbonyl (C=O) groups is 3. The highest BCUT2D eigenvalue weighted by Gasteiger charge is 2.31. The molecular formula is C31H44N6O3. The number of unbranched alkanes of at least 4 members (excludes halogenated alkanes) is 1. The van der Waals surface area contributed by atoms with Gasteiger partial charge < -0.3 is 20.9 Å². The number of carbonyl (C=O) groups excluding carboxylic acids is 3. The topological polar surface area (TPSA) is 115 Å². The molecule has 9 heteroatoms. The minimum absolute atomic E-state index is 0.0904. The van der Waals surface area contributed by atoms with Crippen LogP contribution in [0, 0.1) is 0 Å². The highest BCUT2D eigenvalue weighted by molar-refractivity contribution is 5.92. The molecule has 0 unspecified atom stereocenters. The summed E-state index contributed by atoms with van der Waals surface area (Å²) in [6, 6.07) is 17.3. The summed E-state index contributed by atoms with van der Waals surface area (Å²) in [6.07, 6.45) is 4.93. The molecule has 1 atom stereocenters. The number of H-pyrrole nitrogens is 1. The molecule has 2 aromatic carbocycles. The van der Waals surface area contributed by atoms with Crippen molar-refractivity contribution >= 4 is 28.6 Å². The van der Waals surface area contributed by atoms with Crippen LogP contribution in [0.2, 0.25) is 0 Å². The normalized spacial score (nSPS) is 12.4. The van der Waals surface area contributed by atoms with Crippen LogP contribution in [0.5, 0.6) is 0 Å². The number of amides is 3. The molecule has 0 radical (unpaired) electrons. The average Bonchev–Trinajstić information content (AvgIpc) is 3.34. The van der Waals surface area contributed by atoms with Gasteiger partial charge in [-0.15, -0.1) is 0 Å². The van der Waals surface area contributed by atoms with Crippen LogP contribution in [0.25, 0.3) is 10.9 Å². The molecule has 1 heterocycles. The highest BCUT2D eigenvalue weighted by Crippen LogP contribution is 2.20. The van der Waals surface area contributed by atoms with Crippen molar-refractivity contribution in [3.05, 3.63) is 71.9 Å². The van der Waals surface area contributed by atoms with E-state index in [1.807, 2.05) is 48.7 Å². The van der Waals surface area contributed by atoms with Gasteiger partial charge in [-0.25, -0.2) is 5.01 Å². The molecule has 0 aliphatic carbocycles. The number of hydrazine groups is 1. The van der Waals surface area contributed by atoms with Crippen LogP contribution in [0.4, 0.5) is 0 Å². The Morgan fingerprint density at radius 3 is 2.30 bits per heavy atom. The van der Waals surface area contributed by atoms with E-state index in [4.69, 9.17) is 5.73 Å². The maximum absolute atomic E-state index is 14.1. The summed E-state index contributed by atoms with van der Waals surface area (Å²) in [4.78, 5) is 44.8. The lowest BCUT2D eigenvalue weighted by Crippen LogP contribution is -2.57. The molecule has 0 saturated carbocycles. The van der Waals surface area contributed by atoms with Crippen molar-refractivity contribution < 1.29 is 14.4 Å². The van der Waals surface area contributed by atoms with Crippen molar-refractivity contribution in [1.82, 2.24) is 25.2 Å². The number of fused-ring (bicyclic) bond motifs is 1. The van der Waals surface area contributed by atoms with Gasteiger partial charge in [0.25, 0.3) is 0 Å². The zero-order valence-corrected chi connectivity index (χ0v) is 24.4. The highest BCUT2D eigenvalue weighted by atomic mass is 16.2. The van der Waals surface area contributed by atoms with Crippen LogP contribution in [0.1, 0.15) is 44.2 Å². The Morgan fingerprint density at radius 2 is 1.62 bits per heavy atom. The predicted molar refractivity (Wildman–Crippen MR) is 159 cm³/mol. The van der Waals surface area contributed by atoms with Crippen LogP contribution < -0.4 is 11.1 Å². The molecule has 0 aliphatic rings. The zero-order chi connectivity index (χ0) is 29.3. The van der Waals surface area contributed by atoms with Crippen molar-refractivity contribution in [3.8, 4) is 0 Å². The number of nitrogens with one attached hydrogen (secondary N) is 2. The molecule has 216 valence electrons. The first kappa shape index (κ1) is 30.8. The van der Waals surface area contributed by atoms with Gasteiger partial charge in [-0.05, 0) is 50.3 Å². The van der Waals surface area contributed by atoms with E-state index in [1.165, 1.54) is 10.6 Å². The van der Waals surface area contributed by atoms with Crippen molar-refractivity contribution in [2.24, 2.45) is 5.73 Å². The minimum atomic E-state index is -1.15. The number of benzene rings is 2. The minimum Gasteiger partial charge on any atom is -0.361 e. The molecule has 1 aromatic heterocycles. The fourth-order valence-corrected chi connectivity index (χ4v) is 4.51. The molecule has 3 amide bonds. The summed E-state index contributed by atoms with van der Waals surface area (Å²) in [5.74, 6) is -0.714. The second-order valence-electron chi connectivity index (χ2n) is 11.1. The number of aromatic nitrogens is 1. The second-order valence-corrected chi connectivity index (χ2v) is 11.1. The summed E-state index contributed by atoms with van der Waals surface area (Å²) in [5, 5.41) is 7.15. The molecule has 9 nitrogen and oxygen atoms in total. The van der Waals surface area contributed by atoms with Gasteiger partial charge in [-0.1, -0.05) is 48.5 Å². The first-order chi connectivity index (χ1) is 19.0. The van der Waals surface area contributed by atoms with E-state index in [2.05, 4.69) is 22.4 Å². The summed E-state index contributed by atoms with van der Waals surface area (Å²) < 4.78 is 0. The number of nitrogens with zero attached hydrogens (tertiary/aromatic N) is 3. The summed E-state index contributed by atoms with van der Waals surface area (Å²) in [5.41, 5.74) is 8.07. The van der Waals surface area contributed by atoms with Crippen molar-refractivity contribution in [2.45, 2.75) is 57.5 Å². The predicted octanol–water partition coefficient (Wildman–Crippen LogP) is 3.11. The van der Waals surface area contributed by atoms with Gasteiger partial charge in [0.15, 0.2) is 0 Å². The standard InChI is InChI=1S/C31H44N6O3/c1-31(2,32)30(40)34-27(21-24-22-33-26-17-10-9-16-25(24)26)29(39)37(20-18-28(38)36(5)35(3)4)19-12-11-15-23-13-7-6-8-14-23/h6-10,13-14,16-17,22,27,33H,11-12,15,18-21,32H2,1-5H3,(H,34,40)/t27-/m1/s1. The Bertz CT molecular complexity index is 1260. The van der Waals surface area contributed by atoms with Gasteiger partial charge in [-0.3, -0.25) is 19.4 Å². The number of hydrogen-bond donors (Lipinski definition) is 3. The van der Waals surface area contributed by atoms with Gasteiger partial charge in [0.2, 0.25) is 17.7 Å². The molecule has 40 heavy (non-hydrogen) atoms. The maximum atomic E-state index is 14.1. The summed E-state index contributed by atoms with van der Waals surface area (Å²) in [7, 11) is 5.30. The van der Waals surface area contributed by atoms with Crippen molar-refractivity contribution in [2.75, 3.05) is 34.2 Å². The Kier molecular flexibility index (Phi) is 10.9. The van der Waals surface area contributed by atoms with Crippen LogP contribution in [0.15, 0.2) is 60.8 Å². The fourth-order valence-electron chi connectivity index (χ4n) is 4.51. The monoisotopic (exact) mass is 548 g/mol. The quantitative estimate of drug-likeness (QED) is 0.212. The lowest BCUT2D eigenvalue weighted by molar-refractivity contribution is -0.143. The fraction of sp³-hybridized carbons (Fsp3) is 0.452. The molecule has 3 rings (SSSR count). The third kappa shape index (κ3) is 8.66. The summed E-state index contributed by atoms with van der Waals surface area (Å²) in [6.45, 7) is 3.98. The third-order valence-electron chi connectivity index (χ3n) is 7.14. The average molecular weight is 549 g/mol. The van der Waals surface area contributed by atoms with Crippen LogP contribution in [0.3, 0.4) is 0 Å². The van der Waals surface area contributed by atoms with E-state index in [9.17, 15) is 14.4 Å². The van der Waals surface area contributed by atoms with E-state index in [-0.39, 0.29) is 24.8 Å². The Balaban J connectivity index is 1.81. The number of rotatable bonds is 14. The van der Waals surface area contributed by atoms with E-state index in [0.29, 0.717) is 13.0 Å². The number of aromatic amines is 1. The van der Waals surface area contributed by atoms with Crippen LogP contribution in [-0.4, -0.2) is 83.4 Å². The van der Waals surface area contributed by atoms with E-state index in [0.717, 1.165) is 35.7 Å². The van der Waals surface area contributed by atoms with Crippen molar-refractivity contribution in [1.29, 1.82) is 0 Å². The first-order valence-electron chi connectivity index (χ1n) is 13.9. The molecule has 0 saturated heterocycles. The Morgan fingerprint density at radius 1 is 0.950 bits per heavy atom. The van der Waals surface area contributed by atoms with Crippen LogP contribution in [-0.2, 0) is 27.2 Å². The molecule has 0 bridgehead atoms.